The molecule has 1 aliphatic heterocycles. The lowest BCUT2D eigenvalue weighted by Crippen LogP contribution is -2.40. The monoisotopic (exact) mass is 202 g/mol. The molecule has 0 radical (unpaired) electrons. The predicted molar refractivity (Wildman–Crippen MR) is 59.2 cm³/mol. The van der Waals surface area contributed by atoms with Crippen molar-refractivity contribution in [1.29, 1.82) is 0 Å². The molecule has 2 N–H and O–H groups in total. The fourth-order valence-electron chi connectivity index (χ4n) is 1.87. The maximum absolute atomic E-state index is 11.3. The molecule has 0 aromatic heterocycles. The van der Waals surface area contributed by atoms with Gasteiger partial charge in [-0.05, 0) is 12.0 Å². The number of carbonyl (C=O) groups is 1. The summed E-state index contributed by atoms with van der Waals surface area (Å²) in [5.41, 5.74) is 6.45. The van der Waals surface area contributed by atoms with E-state index in [1.807, 2.05) is 36.4 Å². The summed E-state index contributed by atoms with van der Waals surface area (Å²) in [5, 5.41) is 0. The standard InChI is InChI=1S/C12H14N2O/c13-12(15)14-9-5-4-8-11(14)10-6-2-1-3-7-10/h1-4,6-8,11H,5,9H2,(H2,13,15). The zero-order valence-corrected chi connectivity index (χ0v) is 8.47. The van der Waals surface area contributed by atoms with Gasteiger partial charge in [0, 0.05) is 6.54 Å². The zero-order chi connectivity index (χ0) is 10.7. The van der Waals surface area contributed by atoms with Crippen molar-refractivity contribution in [2.45, 2.75) is 12.5 Å². The zero-order valence-electron chi connectivity index (χ0n) is 8.47. The van der Waals surface area contributed by atoms with Crippen LogP contribution >= 0.6 is 0 Å². The molecule has 78 valence electrons. The molecule has 1 aromatic rings. The van der Waals surface area contributed by atoms with Crippen molar-refractivity contribution in [2.24, 2.45) is 5.73 Å². The molecular weight excluding hydrogens is 188 g/mol. The van der Waals surface area contributed by atoms with E-state index in [-0.39, 0.29) is 12.1 Å². The highest BCUT2D eigenvalue weighted by Gasteiger charge is 2.22. The molecule has 1 atom stereocenters. The van der Waals surface area contributed by atoms with Gasteiger partial charge in [0.1, 0.15) is 0 Å². The van der Waals surface area contributed by atoms with Gasteiger partial charge in [0.15, 0.2) is 0 Å². The van der Waals surface area contributed by atoms with Crippen LogP contribution in [-0.4, -0.2) is 17.5 Å². The summed E-state index contributed by atoms with van der Waals surface area (Å²) in [6, 6.07) is 9.57. The van der Waals surface area contributed by atoms with Gasteiger partial charge in [0.2, 0.25) is 0 Å². The van der Waals surface area contributed by atoms with Crippen LogP contribution in [0.1, 0.15) is 18.0 Å². The molecule has 15 heavy (non-hydrogen) atoms. The third-order valence-electron chi connectivity index (χ3n) is 2.61. The van der Waals surface area contributed by atoms with E-state index in [4.69, 9.17) is 5.73 Å². The van der Waals surface area contributed by atoms with Crippen molar-refractivity contribution in [1.82, 2.24) is 4.90 Å². The quantitative estimate of drug-likeness (QED) is 0.696. The first kappa shape index (κ1) is 9.77. The maximum atomic E-state index is 11.3. The van der Waals surface area contributed by atoms with Crippen LogP contribution in [0.15, 0.2) is 42.5 Å². The largest absolute Gasteiger partial charge is 0.351 e. The first-order valence-electron chi connectivity index (χ1n) is 5.07. The lowest BCUT2D eigenvalue weighted by Gasteiger charge is -2.31. The van der Waals surface area contributed by atoms with Crippen LogP contribution in [0.5, 0.6) is 0 Å². The lowest BCUT2D eigenvalue weighted by atomic mass is 10.0. The molecule has 1 unspecified atom stereocenters. The second-order valence-corrected chi connectivity index (χ2v) is 3.60. The molecule has 0 aliphatic carbocycles. The number of benzene rings is 1. The first-order chi connectivity index (χ1) is 7.29. The topological polar surface area (TPSA) is 46.3 Å². The maximum Gasteiger partial charge on any atom is 0.315 e. The average molecular weight is 202 g/mol. The van der Waals surface area contributed by atoms with E-state index in [0.29, 0.717) is 6.54 Å². The summed E-state index contributed by atoms with van der Waals surface area (Å²) in [7, 11) is 0. The summed E-state index contributed by atoms with van der Waals surface area (Å²) < 4.78 is 0. The Morgan fingerprint density at radius 2 is 2.07 bits per heavy atom. The van der Waals surface area contributed by atoms with Crippen LogP contribution in [0.25, 0.3) is 0 Å². The highest BCUT2D eigenvalue weighted by Crippen LogP contribution is 2.25. The van der Waals surface area contributed by atoms with Crippen molar-refractivity contribution < 1.29 is 4.79 Å². The van der Waals surface area contributed by atoms with Crippen LogP contribution in [-0.2, 0) is 0 Å². The number of nitrogens with zero attached hydrogens (tertiary/aromatic N) is 1. The van der Waals surface area contributed by atoms with Crippen LogP contribution < -0.4 is 5.73 Å². The molecule has 0 bridgehead atoms. The molecule has 1 aromatic carbocycles. The number of amides is 2. The molecule has 2 rings (SSSR count). The van der Waals surface area contributed by atoms with Crippen LogP contribution in [0.4, 0.5) is 4.79 Å². The number of hydrogen-bond acceptors (Lipinski definition) is 1. The molecule has 2 amide bonds. The third-order valence-corrected chi connectivity index (χ3v) is 2.61. The molecule has 3 nitrogen and oxygen atoms in total. The van der Waals surface area contributed by atoms with E-state index >= 15 is 0 Å². The Bertz CT molecular complexity index is 372. The molecule has 3 heteroatoms. The van der Waals surface area contributed by atoms with E-state index < -0.39 is 0 Å². The molecule has 0 fully saturated rings. The second kappa shape index (κ2) is 4.17. The van der Waals surface area contributed by atoms with Crippen molar-refractivity contribution >= 4 is 6.03 Å². The highest BCUT2D eigenvalue weighted by atomic mass is 16.2. The average Bonchev–Trinajstić information content (AvgIpc) is 2.30. The van der Waals surface area contributed by atoms with Gasteiger partial charge in [-0.25, -0.2) is 4.79 Å². The first-order valence-corrected chi connectivity index (χ1v) is 5.07. The second-order valence-electron chi connectivity index (χ2n) is 3.60. The summed E-state index contributed by atoms with van der Waals surface area (Å²) in [5.74, 6) is 0. The number of hydrogen-bond donors (Lipinski definition) is 1. The summed E-state index contributed by atoms with van der Waals surface area (Å²) >= 11 is 0. The van der Waals surface area contributed by atoms with Crippen LogP contribution in [0.2, 0.25) is 0 Å². The SMILES string of the molecule is NC(=O)N1CCC=CC1c1ccccc1. The number of primary amides is 1. The smallest absolute Gasteiger partial charge is 0.315 e. The summed E-state index contributed by atoms with van der Waals surface area (Å²) in [6.07, 6.45) is 5.01. The Balaban J connectivity index is 2.29. The molecule has 0 saturated heterocycles. The molecule has 0 spiro atoms. The molecule has 1 aliphatic rings. The van der Waals surface area contributed by atoms with E-state index in [9.17, 15) is 4.79 Å². The van der Waals surface area contributed by atoms with Gasteiger partial charge in [0.25, 0.3) is 0 Å². The minimum atomic E-state index is -0.354. The van der Waals surface area contributed by atoms with E-state index in [0.717, 1.165) is 12.0 Å². The van der Waals surface area contributed by atoms with Gasteiger partial charge < -0.3 is 10.6 Å². The third kappa shape index (κ3) is 2.01. The van der Waals surface area contributed by atoms with Crippen LogP contribution in [0, 0.1) is 0 Å². The fraction of sp³-hybridized carbons (Fsp3) is 0.250. The van der Waals surface area contributed by atoms with Gasteiger partial charge in [-0.1, -0.05) is 42.5 Å². The Hall–Kier alpha value is -1.77. The van der Waals surface area contributed by atoms with Gasteiger partial charge in [0.05, 0.1) is 6.04 Å². The number of nitrogens with two attached hydrogens (primary N) is 1. The number of urea groups is 1. The molecular formula is C12H14N2O. The Labute approximate surface area is 89.2 Å². The van der Waals surface area contributed by atoms with Gasteiger partial charge >= 0.3 is 6.03 Å². The molecule has 0 saturated carbocycles. The van der Waals surface area contributed by atoms with Gasteiger partial charge in [-0.3, -0.25) is 0 Å². The normalized spacial score (nSPS) is 20.3. The lowest BCUT2D eigenvalue weighted by molar-refractivity contribution is 0.193. The number of carbonyl (C=O) groups excluding carboxylic acids is 1. The Morgan fingerprint density at radius 1 is 1.33 bits per heavy atom. The fourth-order valence-corrected chi connectivity index (χ4v) is 1.87. The van der Waals surface area contributed by atoms with Crippen LogP contribution in [0.3, 0.4) is 0 Å². The summed E-state index contributed by atoms with van der Waals surface area (Å²) in [6.45, 7) is 0.700. The minimum Gasteiger partial charge on any atom is -0.351 e. The minimum absolute atomic E-state index is 0.00236. The van der Waals surface area contributed by atoms with Gasteiger partial charge in [-0.15, -0.1) is 0 Å². The number of rotatable bonds is 1. The van der Waals surface area contributed by atoms with E-state index in [1.165, 1.54) is 0 Å². The van der Waals surface area contributed by atoms with Gasteiger partial charge in [-0.2, -0.15) is 0 Å². The van der Waals surface area contributed by atoms with Crippen molar-refractivity contribution in [2.75, 3.05) is 6.54 Å². The van der Waals surface area contributed by atoms with Crippen molar-refractivity contribution in [3.8, 4) is 0 Å². The molecule has 1 heterocycles. The Kier molecular flexibility index (Phi) is 2.72. The van der Waals surface area contributed by atoms with E-state index in [2.05, 4.69) is 6.08 Å². The highest BCUT2D eigenvalue weighted by molar-refractivity contribution is 5.73. The van der Waals surface area contributed by atoms with E-state index in [1.54, 1.807) is 4.90 Å². The van der Waals surface area contributed by atoms with Crippen molar-refractivity contribution in [3.05, 3.63) is 48.0 Å². The van der Waals surface area contributed by atoms with Crippen molar-refractivity contribution in [3.63, 3.8) is 0 Å². The summed E-state index contributed by atoms with van der Waals surface area (Å²) in [4.78, 5) is 12.9. The Morgan fingerprint density at radius 3 is 2.73 bits per heavy atom. The predicted octanol–water partition coefficient (Wildman–Crippen LogP) is 2.07.